The highest BCUT2D eigenvalue weighted by molar-refractivity contribution is 5.92. The Balaban J connectivity index is 1.85. The molecule has 156 valence electrons. The molecule has 0 saturated carbocycles. The van der Waals surface area contributed by atoms with E-state index in [1.165, 1.54) is 25.3 Å². The molecule has 0 saturated heterocycles. The van der Waals surface area contributed by atoms with Crippen LogP contribution in [0.1, 0.15) is 11.1 Å². The van der Waals surface area contributed by atoms with Crippen LogP contribution in [0.5, 0.6) is 5.75 Å². The fraction of sp³-hybridized carbons (Fsp3) is 0.0417. The van der Waals surface area contributed by atoms with Gasteiger partial charge in [0.2, 0.25) is 0 Å². The van der Waals surface area contributed by atoms with Crippen LogP contribution >= 0.6 is 0 Å². The maximum Gasteiger partial charge on any atom is 0.310 e. The summed E-state index contributed by atoms with van der Waals surface area (Å²) >= 11 is 0. The smallest absolute Gasteiger partial charge is 0.310 e. The zero-order valence-electron chi connectivity index (χ0n) is 17.0. The summed E-state index contributed by atoms with van der Waals surface area (Å²) in [6, 6.07) is 19.8. The number of nitriles is 1. The molecule has 0 fully saturated rings. The third-order valence-electron chi connectivity index (χ3n) is 4.81. The number of aromatic nitrogens is 3. The standard InChI is InChI=1S/C24H17N5O3/c1-32-23-13-17(9-10-22(23)29(30)31)19(14-25)12-20-16-28(21-7-3-2-4-8-21)27-24(20)18-6-5-11-26-15-18/h2-13,15-16H,1H3/b19-12-. The summed E-state index contributed by atoms with van der Waals surface area (Å²) in [6.07, 6.45) is 6.92. The molecule has 2 aromatic carbocycles. The SMILES string of the molecule is COc1cc(/C(C#N)=C\c2cn(-c3ccccc3)nc2-c2cccnc2)ccc1[N+](=O)[O-]. The zero-order valence-corrected chi connectivity index (χ0v) is 17.0. The molecule has 0 aliphatic carbocycles. The summed E-state index contributed by atoms with van der Waals surface area (Å²) in [4.78, 5) is 14.8. The summed E-state index contributed by atoms with van der Waals surface area (Å²) < 4.78 is 6.88. The molecule has 0 atom stereocenters. The first-order valence-electron chi connectivity index (χ1n) is 9.61. The fourth-order valence-corrected chi connectivity index (χ4v) is 3.26. The average Bonchev–Trinajstić information content (AvgIpc) is 3.27. The van der Waals surface area contributed by atoms with E-state index in [-0.39, 0.29) is 11.4 Å². The number of nitro benzene ring substituents is 1. The molecule has 8 nitrogen and oxygen atoms in total. The van der Waals surface area contributed by atoms with Gasteiger partial charge in [0.1, 0.15) is 5.69 Å². The van der Waals surface area contributed by atoms with Gasteiger partial charge in [0.25, 0.3) is 0 Å². The lowest BCUT2D eigenvalue weighted by Gasteiger charge is -2.05. The molecule has 8 heteroatoms. The lowest BCUT2D eigenvalue weighted by Crippen LogP contribution is -1.95. The van der Waals surface area contributed by atoms with E-state index in [1.54, 1.807) is 23.2 Å². The minimum atomic E-state index is -0.525. The van der Waals surface area contributed by atoms with E-state index < -0.39 is 4.92 Å². The Bertz CT molecular complexity index is 1340. The molecule has 2 heterocycles. The summed E-state index contributed by atoms with van der Waals surface area (Å²) in [5, 5.41) is 25.7. The second-order valence-corrected chi connectivity index (χ2v) is 6.77. The first-order valence-corrected chi connectivity index (χ1v) is 9.61. The van der Waals surface area contributed by atoms with Crippen molar-refractivity contribution in [3.8, 4) is 28.8 Å². The summed E-state index contributed by atoms with van der Waals surface area (Å²) in [6.45, 7) is 0. The molecule has 0 N–H and O–H groups in total. The third kappa shape index (κ3) is 4.08. The van der Waals surface area contributed by atoms with Crippen LogP contribution in [0.25, 0.3) is 28.6 Å². The summed E-state index contributed by atoms with van der Waals surface area (Å²) in [5.74, 6) is 0.0844. The number of nitro groups is 1. The van der Waals surface area contributed by atoms with Crippen LogP contribution in [-0.2, 0) is 0 Å². The normalized spacial score (nSPS) is 11.1. The van der Waals surface area contributed by atoms with E-state index in [0.29, 0.717) is 22.4 Å². The minimum Gasteiger partial charge on any atom is -0.490 e. The van der Waals surface area contributed by atoms with Crippen molar-refractivity contribution < 1.29 is 9.66 Å². The number of hydrogen-bond donors (Lipinski definition) is 0. The first kappa shape index (κ1) is 20.5. The number of hydrogen-bond acceptors (Lipinski definition) is 6. The maximum atomic E-state index is 11.2. The number of nitrogens with zero attached hydrogens (tertiary/aromatic N) is 5. The van der Waals surface area contributed by atoms with Gasteiger partial charge in [-0.25, -0.2) is 4.68 Å². The number of benzene rings is 2. The Kier molecular flexibility index (Phi) is 5.72. The molecule has 32 heavy (non-hydrogen) atoms. The molecular weight excluding hydrogens is 406 g/mol. The van der Waals surface area contributed by atoms with Crippen LogP contribution < -0.4 is 4.74 Å². The molecule has 0 radical (unpaired) electrons. The Morgan fingerprint density at radius 2 is 2.00 bits per heavy atom. The van der Waals surface area contributed by atoms with E-state index >= 15 is 0 Å². The molecule has 0 aliphatic rings. The number of ether oxygens (including phenoxy) is 1. The number of rotatable bonds is 6. The highest BCUT2D eigenvalue weighted by Gasteiger charge is 2.17. The predicted molar refractivity (Wildman–Crippen MR) is 120 cm³/mol. The second kappa shape index (κ2) is 8.93. The molecule has 0 aliphatic heterocycles. The fourth-order valence-electron chi connectivity index (χ4n) is 3.26. The Hall–Kier alpha value is -4.77. The lowest BCUT2D eigenvalue weighted by atomic mass is 10.0. The van der Waals surface area contributed by atoms with Crippen LogP contribution in [0.3, 0.4) is 0 Å². The van der Waals surface area contributed by atoms with Crippen molar-refractivity contribution in [1.29, 1.82) is 5.26 Å². The van der Waals surface area contributed by atoms with Crippen molar-refractivity contribution in [1.82, 2.24) is 14.8 Å². The highest BCUT2D eigenvalue weighted by Crippen LogP contribution is 2.32. The van der Waals surface area contributed by atoms with Gasteiger partial charge in [0.15, 0.2) is 5.75 Å². The monoisotopic (exact) mass is 423 g/mol. The van der Waals surface area contributed by atoms with Gasteiger partial charge in [-0.05, 0) is 48.0 Å². The molecule has 0 amide bonds. The minimum absolute atomic E-state index is 0.0844. The molecule has 0 unspecified atom stereocenters. The van der Waals surface area contributed by atoms with Gasteiger partial charge in [-0.3, -0.25) is 15.1 Å². The Morgan fingerprint density at radius 1 is 1.19 bits per heavy atom. The first-order chi connectivity index (χ1) is 15.6. The predicted octanol–water partition coefficient (Wildman–Crippen LogP) is 4.92. The van der Waals surface area contributed by atoms with Crippen LogP contribution in [-0.4, -0.2) is 26.8 Å². The number of allylic oxidation sites excluding steroid dienone is 1. The van der Waals surface area contributed by atoms with Crippen molar-refractivity contribution in [3.63, 3.8) is 0 Å². The van der Waals surface area contributed by atoms with E-state index in [1.807, 2.05) is 48.7 Å². The molecule has 4 rings (SSSR count). The van der Waals surface area contributed by atoms with Gasteiger partial charge in [-0.1, -0.05) is 18.2 Å². The lowest BCUT2D eigenvalue weighted by molar-refractivity contribution is -0.385. The second-order valence-electron chi connectivity index (χ2n) is 6.77. The number of methoxy groups -OCH3 is 1. The van der Waals surface area contributed by atoms with Gasteiger partial charge in [0.05, 0.1) is 29.4 Å². The average molecular weight is 423 g/mol. The zero-order chi connectivity index (χ0) is 22.5. The van der Waals surface area contributed by atoms with E-state index in [0.717, 1.165) is 11.3 Å². The molecule has 2 aromatic heterocycles. The summed E-state index contributed by atoms with van der Waals surface area (Å²) in [7, 11) is 1.35. The van der Waals surface area contributed by atoms with Crippen LogP contribution in [0.4, 0.5) is 5.69 Å². The van der Waals surface area contributed by atoms with Crippen LogP contribution in [0.2, 0.25) is 0 Å². The maximum absolute atomic E-state index is 11.2. The van der Waals surface area contributed by atoms with Gasteiger partial charge >= 0.3 is 5.69 Å². The Labute approximate surface area is 183 Å². The molecule has 4 aromatic rings. The van der Waals surface area contributed by atoms with Gasteiger partial charge in [0, 0.05) is 35.8 Å². The molecule has 0 bridgehead atoms. The van der Waals surface area contributed by atoms with Gasteiger partial charge in [-0.15, -0.1) is 0 Å². The number of para-hydroxylation sites is 1. The van der Waals surface area contributed by atoms with Crippen LogP contribution in [0.15, 0.2) is 79.3 Å². The van der Waals surface area contributed by atoms with Crippen LogP contribution in [0, 0.1) is 21.4 Å². The van der Waals surface area contributed by atoms with Gasteiger partial charge < -0.3 is 4.74 Å². The highest BCUT2D eigenvalue weighted by atomic mass is 16.6. The third-order valence-corrected chi connectivity index (χ3v) is 4.81. The largest absolute Gasteiger partial charge is 0.490 e. The number of pyridine rings is 1. The van der Waals surface area contributed by atoms with Crippen molar-refractivity contribution in [2.45, 2.75) is 0 Å². The van der Waals surface area contributed by atoms with E-state index in [2.05, 4.69) is 11.1 Å². The quantitative estimate of drug-likeness (QED) is 0.248. The molecular formula is C24H17N5O3. The van der Waals surface area contributed by atoms with Crippen molar-refractivity contribution in [2.24, 2.45) is 0 Å². The Morgan fingerprint density at radius 3 is 2.66 bits per heavy atom. The van der Waals surface area contributed by atoms with Gasteiger partial charge in [-0.2, -0.15) is 10.4 Å². The van der Waals surface area contributed by atoms with Crippen molar-refractivity contribution >= 4 is 17.3 Å². The van der Waals surface area contributed by atoms with Crippen molar-refractivity contribution in [2.75, 3.05) is 7.11 Å². The van der Waals surface area contributed by atoms with E-state index in [4.69, 9.17) is 9.84 Å². The summed E-state index contributed by atoms with van der Waals surface area (Å²) in [5.41, 5.74) is 3.68. The topological polar surface area (TPSA) is 107 Å². The van der Waals surface area contributed by atoms with E-state index in [9.17, 15) is 15.4 Å². The molecule has 0 spiro atoms. The van der Waals surface area contributed by atoms with Crippen molar-refractivity contribution in [3.05, 3.63) is 100 Å².